The van der Waals surface area contributed by atoms with Crippen molar-refractivity contribution in [1.29, 1.82) is 5.41 Å². The molecule has 0 unspecified atom stereocenters. The summed E-state index contributed by atoms with van der Waals surface area (Å²) in [5.74, 6) is 0.797. The topological polar surface area (TPSA) is 78.9 Å². The minimum atomic E-state index is 0.0540. The van der Waals surface area contributed by atoms with Crippen LogP contribution in [0.2, 0.25) is 0 Å². The van der Waals surface area contributed by atoms with Crippen LogP contribution in [0.25, 0.3) is 0 Å². The van der Waals surface area contributed by atoms with Crippen LogP contribution in [0, 0.1) is 10.8 Å². The average Bonchev–Trinajstić information content (AvgIpc) is 2.27. The van der Waals surface area contributed by atoms with Crippen molar-refractivity contribution in [3.05, 3.63) is 17.8 Å². The molecular weight excluding hydrogens is 214 g/mol. The molecule has 3 N–H and O–H groups in total. The maximum Gasteiger partial charge on any atom is 0.162 e. The van der Waals surface area contributed by atoms with Crippen LogP contribution < -0.4 is 10.6 Å². The van der Waals surface area contributed by atoms with Crippen LogP contribution in [-0.2, 0) is 0 Å². The van der Waals surface area contributed by atoms with Crippen molar-refractivity contribution in [2.45, 2.75) is 26.7 Å². The molecule has 2 heterocycles. The van der Waals surface area contributed by atoms with Crippen molar-refractivity contribution in [3.63, 3.8) is 0 Å². The predicted molar refractivity (Wildman–Crippen MR) is 68.3 cm³/mol. The van der Waals surface area contributed by atoms with Crippen LogP contribution in [0.5, 0.6) is 0 Å². The first-order valence-corrected chi connectivity index (χ1v) is 5.91. The first-order valence-electron chi connectivity index (χ1n) is 5.91. The van der Waals surface area contributed by atoms with E-state index in [1.807, 2.05) is 0 Å². The molecule has 0 spiro atoms. The smallest absolute Gasteiger partial charge is 0.162 e. The van der Waals surface area contributed by atoms with Gasteiger partial charge < -0.3 is 10.6 Å². The van der Waals surface area contributed by atoms with E-state index >= 15 is 0 Å². The van der Waals surface area contributed by atoms with Gasteiger partial charge in [0.2, 0.25) is 0 Å². The summed E-state index contributed by atoms with van der Waals surface area (Å²) in [6.45, 7) is 6.40. The van der Waals surface area contributed by atoms with E-state index in [1.165, 1.54) is 6.42 Å². The van der Waals surface area contributed by atoms with Crippen LogP contribution in [0.3, 0.4) is 0 Å². The molecular formula is C12H19N5. The van der Waals surface area contributed by atoms with Gasteiger partial charge in [-0.25, -0.2) is 0 Å². The number of nitrogens with one attached hydrogen (secondary N) is 1. The second-order valence-corrected chi connectivity index (χ2v) is 5.37. The molecule has 0 atom stereocenters. The van der Waals surface area contributed by atoms with Crippen molar-refractivity contribution in [2.75, 3.05) is 18.0 Å². The predicted octanol–water partition coefficient (Wildman–Crippen LogP) is 1.39. The third kappa shape index (κ3) is 2.54. The third-order valence-corrected chi connectivity index (χ3v) is 3.19. The van der Waals surface area contributed by atoms with Gasteiger partial charge in [0.15, 0.2) is 5.82 Å². The maximum absolute atomic E-state index is 7.58. The summed E-state index contributed by atoms with van der Waals surface area (Å²) >= 11 is 0. The van der Waals surface area contributed by atoms with Gasteiger partial charge in [0.25, 0.3) is 0 Å². The van der Waals surface area contributed by atoms with Crippen molar-refractivity contribution in [2.24, 2.45) is 11.1 Å². The van der Waals surface area contributed by atoms with E-state index < -0.39 is 0 Å². The summed E-state index contributed by atoms with van der Waals surface area (Å²) in [4.78, 5) is 2.19. The molecule has 1 saturated heterocycles. The fourth-order valence-electron chi connectivity index (χ4n) is 2.37. The SMILES string of the molecule is CC1(C)CCCN(c2nnccc2C(=N)N)C1. The second kappa shape index (κ2) is 4.31. The standard InChI is InChI=1S/C12H19N5/c1-12(2)5-3-7-17(8-12)11-9(10(13)14)4-6-15-16-11/h4,6H,3,5,7-8H2,1-2H3,(H3,13,14). The Kier molecular flexibility index (Phi) is 3.00. The fraction of sp³-hybridized carbons (Fsp3) is 0.583. The molecule has 0 aromatic carbocycles. The van der Waals surface area contributed by atoms with Crippen LogP contribution in [0.15, 0.2) is 12.3 Å². The summed E-state index contributed by atoms with van der Waals surface area (Å²) in [7, 11) is 0. The van der Waals surface area contributed by atoms with Gasteiger partial charge in [-0.3, -0.25) is 5.41 Å². The molecule has 0 radical (unpaired) electrons. The number of hydrogen-bond donors (Lipinski definition) is 2. The Hall–Kier alpha value is -1.65. The van der Waals surface area contributed by atoms with Gasteiger partial charge in [-0.1, -0.05) is 13.8 Å². The number of nitrogens with two attached hydrogens (primary N) is 1. The Morgan fingerprint density at radius 2 is 2.29 bits per heavy atom. The zero-order chi connectivity index (χ0) is 12.5. The van der Waals surface area contributed by atoms with E-state index in [-0.39, 0.29) is 11.3 Å². The van der Waals surface area contributed by atoms with E-state index in [0.717, 1.165) is 25.3 Å². The highest BCUT2D eigenvalue weighted by Crippen LogP contribution is 2.31. The number of rotatable bonds is 2. The number of piperidine rings is 1. The lowest BCUT2D eigenvalue weighted by atomic mass is 9.84. The number of amidine groups is 1. The highest BCUT2D eigenvalue weighted by Gasteiger charge is 2.28. The van der Waals surface area contributed by atoms with E-state index in [1.54, 1.807) is 12.3 Å². The Labute approximate surface area is 102 Å². The minimum absolute atomic E-state index is 0.0540. The van der Waals surface area contributed by atoms with Crippen molar-refractivity contribution in [3.8, 4) is 0 Å². The lowest BCUT2D eigenvalue weighted by Gasteiger charge is -2.39. The Bertz CT molecular complexity index is 427. The van der Waals surface area contributed by atoms with Gasteiger partial charge in [-0.05, 0) is 24.3 Å². The van der Waals surface area contributed by atoms with E-state index in [9.17, 15) is 0 Å². The third-order valence-electron chi connectivity index (χ3n) is 3.19. The molecule has 2 rings (SSSR count). The van der Waals surface area contributed by atoms with Gasteiger partial charge in [0.05, 0.1) is 11.8 Å². The zero-order valence-electron chi connectivity index (χ0n) is 10.4. The van der Waals surface area contributed by atoms with Crippen molar-refractivity contribution >= 4 is 11.7 Å². The molecule has 1 aromatic heterocycles. The maximum atomic E-state index is 7.58. The van der Waals surface area contributed by atoms with Crippen molar-refractivity contribution in [1.82, 2.24) is 10.2 Å². The van der Waals surface area contributed by atoms with Crippen LogP contribution in [0.1, 0.15) is 32.3 Å². The average molecular weight is 233 g/mol. The van der Waals surface area contributed by atoms with Crippen LogP contribution in [0.4, 0.5) is 5.82 Å². The second-order valence-electron chi connectivity index (χ2n) is 5.37. The minimum Gasteiger partial charge on any atom is -0.384 e. The molecule has 1 fully saturated rings. The van der Waals surface area contributed by atoms with Crippen LogP contribution in [-0.4, -0.2) is 29.1 Å². The fourth-order valence-corrected chi connectivity index (χ4v) is 2.37. The molecule has 0 aliphatic carbocycles. The van der Waals surface area contributed by atoms with Gasteiger partial charge >= 0.3 is 0 Å². The van der Waals surface area contributed by atoms with E-state index in [4.69, 9.17) is 11.1 Å². The summed E-state index contributed by atoms with van der Waals surface area (Å²) < 4.78 is 0. The van der Waals surface area contributed by atoms with Gasteiger partial charge in [0.1, 0.15) is 5.84 Å². The quantitative estimate of drug-likeness (QED) is 0.597. The van der Waals surface area contributed by atoms with Crippen LogP contribution >= 0.6 is 0 Å². The number of nitrogen functional groups attached to an aromatic ring is 1. The lowest BCUT2D eigenvalue weighted by Crippen LogP contribution is -2.41. The molecule has 0 amide bonds. The molecule has 1 aliphatic rings. The summed E-state index contributed by atoms with van der Waals surface area (Å²) in [5, 5.41) is 15.6. The summed E-state index contributed by atoms with van der Waals surface area (Å²) in [6.07, 6.45) is 3.94. The number of hydrogen-bond acceptors (Lipinski definition) is 4. The summed E-state index contributed by atoms with van der Waals surface area (Å²) in [6, 6.07) is 1.76. The number of nitrogens with zero attached hydrogens (tertiary/aromatic N) is 3. The molecule has 0 bridgehead atoms. The molecule has 0 saturated carbocycles. The Morgan fingerprint density at radius 1 is 1.53 bits per heavy atom. The summed E-state index contributed by atoms with van der Waals surface area (Å²) in [5.41, 5.74) is 6.54. The van der Waals surface area contributed by atoms with Crippen molar-refractivity contribution < 1.29 is 0 Å². The van der Waals surface area contributed by atoms with E-state index in [0.29, 0.717) is 5.56 Å². The highest BCUT2D eigenvalue weighted by atomic mass is 15.3. The molecule has 5 heteroatoms. The largest absolute Gasteiger partial charge is 0.384 e. The molecule has 92 valence electrons. The monoisotopic (exact) mass is 233 g/mol. The molecule has 1 aliphatic heterocycles. The molecule has 17 heavy (non-hydrogen) atoms. The van der Waals surface area contributed by atoms with Gasteiger partial charge in [0, 0.05) is 13.1 Å². The Morgan fingerprint density at radius 3 is 2.94 bits per heavy atom. The number of anilines is 1. The zero-order valence-corrected chi connectivity index (χ0v) is 10.4. The molecule has 5 nitrogen and oxygen atoms in total. The highest BCUT2D eigenvalue weighted by molar-refractivity contribution is 5.99. The Balaban J connectivity index is 2.30. The number of aromatic nitrogens is 2. The van der Waals surface area contributed by atoms with Gasteiger partial charge in [-0.15, -0.1) is 5.10 Å². The van der Waals surface area contributed by atoms with E-state index in [2.05, 4.69) is 28.9 Å². The molecule has 1 aromatic rings. The lowest BCUT2D eigenvalue weighted by molar-refractivity contribution is 0.291. The first-order chi connectivity index (χ1) is 7.99. The first kappa shape index (κ1) is 11.8. The normalized spacial score (nSPS) is 19.1. The van der Waals surface area contributed by atoms with Gasteiger partial charge in [-0.2, -0.15) is 5.10 Å².